The van der Waals surface area contributed by atoms with Gasteiger partial charge < -0.3 is 0 Å². The standard InChI is InChI=1S/2C8H8O3S/c1-2-7-3-5-8(6-4-7)12(9,10)11;1-2-7-5-3-4-6-8(7)12(9,10)11/h2*2-6H,1H2,(H,9,10,11). The second-order valence-electron chi connectivity index (χ2n) is 4.47. The molecule has 0 spiro atoms. The molecule has 0 heterocycles. The highest BCUT2D eigenvalue weighted by Crippen LogP contribution is 2.15. The molecule has 0 fully saturated rings. The molecule has 8 heteroatoms. The molecule has 0 amide bonds. The molecule has 6 nitrogen and oxygen atoms in total. The van der Waals surface area contributed by atoms with Gasteiger partial charge in [-0.15, -0.1) is 0 Å². The highest BCUT2D eigenvalue weighted by molar-refractivity contribution is 7.86. The van der Waals surface area contributed by atoms with Gasteiger partial charge in [-0.3, -0.25) is 9.11 Å². The zero-order valence-electron chi connectivity index (χ0n) is 12.5. The van der Waals surface area contributed by atoms with Crippen molar-refractivity contribution >= 4 is 32.4 Å². The van der Waals surface area contributed by atoms with Gasteiger partial charge in [0.25, 0.3) is 20.2 Å². The van der Waals surface area contributed by atoms with E-state index in [9.17, 15) is 16.8 Å². The Morgan fingerprint density at radius 3 is 1.67 bits per heavy atom. The van der Waals surface area contributed by atoms with Gasteiger partial charge in [0, 0.05) is 0 Å². The molecule has 0 aliphatic rings. The summed E-state index contributed by atoms with van der Waals surface area (Å²) in [6.45, 7) is 6.94. The van der Waals surface area contributed by atoms with Crippen LogP contribution in [0.5, 0.6) is 0 Å². The largest absolute Gasteiger partial charge is 0.295 e. The lowest BCUT2D eigenvalue weighted by Crippen LogP contribution is -1.99. The molecule has 2 aromatic carbocycles. The predicted octanol–water partition coefficient (Wildman–Crippen LogP) is 3.15. The predicted molar refractivity (Wildman–Crippen MR) is 92.7 cm³/mol. The van der Waals surface area contributed by atoms with Crippen molar-refractivity contribution in [2.45, 2.75) is 9.79 Å². The molecular weight excluding hydrogens is 352 g/mol. The summed E-state index contributed by atoms with van der Waals surface area (Å²) in [7, 11) is -8.18. The Labute approximate surface area is 141 Å². The van der Waals surface area contributed by atoms with Gasteiger partial charge >= 0.3 is 0 Å². The fraction of sp³-hybridized carbons (Fsp3) is 0. The lowest BCUT2D eigenvalue weighted by molar-refractivity contribution is 0.481. The zero-order valence-corrected chi connectivity index (χ0v) is 14.2. The van der Waals surface area contributed by atoms with Crippen molar-refractivity contribution in [3.05, 3.63) is 72.8 Å². The first-order chi connectivity index (χ1) is 11.1. The third-order valence-electron chi connectivity index (χ3n) is 2.83. The Morgan fingerprint density at radius 1 is 0.750 bits per heavy atom. The fourth-order valence-electron chi connectivity index (χ4n) is 1.66. The average molecular weight is 368 g/mol. The van der Waals surface area contributed by atoms with Gasteiger partial charge in [-0.2, -0.15) is 16.8 Å². The molecule has 2 rings (SSSR count). The summed E-state index contributed by atoms with van der Waals surface area (Å²) in [5.41, 5.74) is 1.21. The summed E-state index contributed by atoms with van der Waals surface area (Å²) in [4.78, 5) is -0.215. The Hall–Kier alpha value is -2.26. The van der Waals surface area contributed by atoms with Gasteiger partial charge in [0.15, 0.2) is 0 Å². The monoisotopic (exact) mass is 368 g/mol. The average Bonchev–Trinajstić information content (AvgIpc) is 2.54. The maximum absolute atomic E-state index is 10.7. The molecular formula is C16H16O6S2. The van der Waals surface area contributed by atoms with E-state index in [1.807, 2.05) is 0 Å². The van der Waals surface area contributed by atoms with Crippen LogP contribution in [0.4, 0.5) is 0 Å². The van der Waals surface area contributed by atoms with E-state index in [1.165, 1.54) is 30.3 Å². The van der Waals surface area contributed by atoms with Gasteiger partial charge in [0.05, 0.1) is 4.90 Å². The number of benzene rings is 2. The van der Waals surface area contributed by atoms with E-state index >= 15 is 0 Å². The molecule has 0 radical (unpaired) electrons. The lowest BCUT2D eigenvalue weighted by Gasteiger charge is -2.00. The van der Waals surface area contributed by atoms with Crippen LogP contribution in [0, 0.1) is 0 Å². The minimum atomic E-state index is -4.12. The van der Waals surface area contributed by atoms with Crippen LogP contribution in [0.25, 0.3) is 12.2 Å². The highest BCUT2D eigenvalue weighted by atomic mass is 32.2. The molecule has 0 aliphatic heterocycles. The minimum Gasteiger partial charge on any atom is -0.282 e. The van der Waals surface area contributed by atoms with Crippen molar-refractivity contribution in [3.8, 4) is 0 Å². The Bertz CT molecular complexity index is 927. The van der Waals surface area contributed by atoms with Crippen LogP contribution < -0.4 is 0 Å². The van der Waals surface area contributed by atoms with Gasteiger partial charge in [0.1, 0.15) is 4.90 Å². The first kappa shape index (κ1) is 19.8. The van der Waals surface area contributed by atoms with Crippen molar-refractivity contribution < 1.29 is 25.9 Å². The zero-order chi connectivity index (χ0) is 18.4. The molecule has 0 unspecified atom stereocenters. The number of rotatable bonds is 4. The molecule has 0 aliphatic carbocycles. The van der Waals surface area contributed by atoms with Crippen LogP contribution in [0.1, 0.15) is 11.1 Å². The first-order valence-electron chi connectivity index (χ1n) is 6.48. The molecule has 0 saturated heterocycles. The molecule has 0 bridgehead atoms. The SMILES string of the molecule is C=Cc1ccc(S(=O)(=O)O)cc1.C=Cc1ccccc1S(=O)(=O)O. The normalized spacial score (nSPS) is 11.1. The van der Waals surface area contributed by atoms with Crippen molar-refractivity contribution in [1.82, 2.24) is 0 Å². The van der Waals surface area contributed by atoms with Gasteiger partial charge in [-0.05, 0) is 29.3 Å². The Balaban J connectivity index is 0.000000240. The Kier molecular flexibility index (Phi) is 6.61. The van der Waals surface area contributed by atoms with Crippen molar-refractivity contribution in [2.75, 3.05) is 0 Å². The van der Waals surface area contributed by atoms with Crippen LogP contribution in [-0.2, 0) is 20.2 Å². The first-order valence-corrected chi connectivity index (χ1v) is 9.36. The van der Waals surface area contributed by atoms with Crippen LogP contribution in [0.3, 0.4) is 0 Å². The highest BCUT2D eigenvalue weighted by Gasteiger charge is 2.11. The van der Waals surface area contributed by atoms with E-state index in [-0.39, 0.29) is 9.79 Å². The van der Waals surface area contributed by atoms with Gasteiger partial charge in [-0.25, -0.2) is 0 Å². The summed E-state index contributed by atoms with van der Waals surface area (Å²) in [5.74, 6) is 0. The van der Waals surface area contributed by atoms with E-state index in [0.29, 0.717) is 5.56 Å². The van der Waals surface area contributed by atoms with Crippen LogP contribution in [-0.4, -0.2) is 25.9 Å². The van der Waals surface area contributed by atoms with Gasteiger partial charge in [-0.1, -0.05) is 55.6 Å². The van der Waals surface area contributed by atoms with Gasteiger partial charge in [0.2, 0.25) is 0 Å². The molecule has 0 aromatic heterocycles. The van der Waals surface area contributed by atoms with Crippen LogP contribution in [0.2, 0.25) is 0 Å². The maximum atomic E-state index is 10.7. The lowest BCUT2D eigenvalue weighted by atomic mass is 10.2. The van der Waals surface area contributed by atoms with E-state index in [4.69, 9.17) is 9.11 Å². The molecule has 0 saturated carbocycles. The van der Waals surface area contributed by atoms with E-state index in [0.717, 1.165) is 5.56 Å². The topological polar surface area (TPSA) is 109 Å². The van der Waals surface area contributed by atoms with Crippen molar-refractivity contribution in [3.63, 3.8) is 0 Å². The smallest absolute Gasteiger partial charge is 0.282 e. The van der Waals surface area contributed by atoms with E-state index in [1.54, 1.807) is 30.3 Å². The third kappa shape index (κ3) is 5.74. The van der Waals surface area contributed by atoms with E-state index in [2.05, 4.69) is 13.2 Å². The molecule has 128 valence electrons. The third-order valence-corrected chi connectivity index (χ3v) is 4.63. The number of hydrogen-bond acceptors (Lipinski definition) is 4. The minimum absolute atomic E-state index is 0.104. The summed E-state index contributed by atoms with van der Waals surface area (Å²) in [6, 6.07) is 11.9. The van der Waals surface area contributed by atoms with Crippen LogP contribution in [0.15, 0.2) is 71.5 Å². The summed E-state index contributed by atoms with van der Waals surface area (Å²) < 4.78 is 59.9. The summed E-state index contributed by atoms with van der Waals surface area (Å²) in [6.07, 6.45) is 2.97. The Morgan fingerprint density at radius 2 is 1.29 bits per heavy atom. The molecule has 2 aromatic rings. The summed E-state index contributed by atoms with van der Waals surface area (Å²) >= 11 is 0. The maximum Gasteiger partial charge on any atom is 0.295 e. The fourth-order valence-corrected chi connectivity index (χ4v) is 2.84. The van der Waals surface area contributed by atoms with Crippen molar-refractivity contribution in [1.29, 1.82) is 0 Å². The quantitative estimate of drug-likeness (QED) is 0.803. The second kappa shape index (κ2) is 8.02. The molecule has 0 atom stereocenters. The van der Waals surface area contributed by atoms with Crippen molar-refractivity contribution in [2.24, 2.45) is 0 Å². The molecule has 24 heavy (non-hydrogen) atoms. The van der Waals surface area contributed by atoms with Crippen LogP contribution >= 0.6 is 0 Å². The summed E-state index contributed by atoms with van der Waals surface area (Å²) in [5, 5.41) is 0. The number of hydrogen-bond donors (Lipinski definition) is 2. The second-order valence-corrected chi connectivity index (χ2v) is 7.28. The molecule has 2 N–H and O–H groups in total. The van der Waals surface area contributed by atoms with E-state index < -0.39 is 20.2 Å².